The van der Waals surface area contributed by atoms with Crippen LogP contribution in [0.15, 0.2) is 0 Å². The lowest BCUT2D eigenvalue weighted by atomic mass is 9.85. The van der Waals surface area contributed by atoms with Crippen LogP contribution in [0.4, 0.5) is 0 Å². The van der Waals surface area contributed by atoms with Crippen molar-refractivity contribution in [2.75, 3.05) is 13.1 Å². The molecule has 1 saturated carbocycles. The van der Waals surface area contributed by atoms with E-state index in [9.17, 15) is 5.11 Å². The minimum absolute atomic E-state index is 0.208. The molecule has 0 bridgehead atoms. The van der Waals surface area contributed by atoms with Crippen molar-refractivity contribution in [3.05, 3.63) is 0 Å². The number of likely N-dealkylation sites (N-methyl/N-ethyl adjacent to an activating group) is 1. The standard InChI is InChI=1S/C11H23NO/c1-4-12(9(2)10(3)13)8-11-6-5-7-11/h9-11,13H,4-8H2,1-3H3. The van der Waals surface area contributed by atoms with E-state index in [0.717, 1.165) is 12.5 Å². The zero-order valence-electron chi connectivity index (χ0n) is 9.16. The monoisotopic (exact) mass is 185 g/mol. The summed E-state index contributed by atoms with van der Waals surface area (Å²) in [5, 5.41) is 9.48. The van der Waals surface area contributed by atoms with Crippen LogP contribution in [-0.2, 0) is 0 Å². The quantitative estimate of drug-likeness (QED) is 0.707. The lowest BCUT2D eigenvalue weighted by Gasteiger charge is -2.36. The molecule has 78 valence electrons. The lowest BCUT2D eigenvalue weighted by Crippen LogP contribution is -2.43. The molecular weight excluding hydrogens is 162 g/mol. The maximum absolute atomic E-state index is 9.48. The largest absolute Gasteiger partial charge is 0.392 e. The maximum Gasteiger partial charge on any atom is 0.0664 e. The van der Waals surface area contributed by atoms with Gasteiger partial charge in [0, 0.05) is 12.6 Å². The van der Waals surface area contributed by atoms with E-state index in [-0.39, 0.29) is 6.10 Å². The Morgan fingerprint density at radius 3 is 2.31 bits per heavy atom. The summed E-state index contributed by atoms with van der Waals surface area (Å²) in [6, 6.07) is 0.311. The molecule has 0 aromatic carbocycles. The summed E-state index contributed by atoms with van der Waals surface area (Å²) in [5.74, 6) is 0.904. The van der Waals surface area contributed by atoms with Crippen LogP contribution in [0, 0.1) is 5.92 Å². The second kappa shape index (κ2) is 4.97. The Balaban J connectivity index is 2.31. The van der Waals surface area contributed by atoms with Crippen LogP contribution in [-0.4, -0.2) is 35.2 Å². The first kappa shape index (κ1) is 11.0. The van der Waals surface area contributed by atoms with E-state index in [0.29, 0.717) is 6.04 Å². The average molecular weight is 185 g/mol. The smallest absolute Gasteiger partial charge is 0.0664 e. The van der Waals surface area contributed by atoms with Crippen LogP contribution in [0.2, 0.25) is 0 Å². The molecule has 13 heavy (non-hydrogen) atoms. The summed E-state index contributed by atoms with van der Waals surface area (Å²) in [7, 11) is 0. The Labute approximate surface area is 81.9 Å². The van der Waals surface area contributed by atoms with Gasteiger partial charge in [0.15, 0.2) is 0 Å². The van der Waals surface area contributed by atoms with Crippen molar-refractivity contribution in [2.45, 2.75) is 52.2 Å². The molecule has 0 amide bonds. The molecule has 0 spiro atoms. The summed E-state index contributed by atoms with van der Waals surface area (Å²) >= 11 is 0. The number of hydrogen-bond acceptors (Lipinski definition) is 2. The fourth-order valence-electron chi connectivity index (χ4n) is 1.90. The van der Waals surface area contributed by atoms with E-state index < -0.39 is 0 Å². The third kappa shape index (κ3) is 2.96. The van der Waals surface area contributed by atoms with Crippen LogP contribution in [0.3, 0.4) is 0 Å². The molecule has 0 aliphatic heterocycles. The van der Waals surface area contributed by atoms with Gasteiger partial charge in [0.1, 0.15) is 0 Å². The molecular formula is C11H23NO. The molecule has 0 aromatic heterocycles. The number of aliphatic hydroxyl groups is 1. The van der Waals surface area contributed by atoms with E-state index in [1.807, 2.05) is 6.92 Å². The molecule has 1 aliphatic carbocycles. The molecule has 2 nitrogen and oxygen atoms in total. The van der Waals surface area contributed by atoms with Gasteiger partial charge in [-0.05, 0) is 39.2 Å². The molecule has 0 heterocycles. The van der Waals surface area contributed by atoms with Gasteiger partial charge < -0.3 is 5.11 Å². The second-order valence-corrected chi connectivity index (χ2v) is 4.37. The van der Waals surface area contributed by atoms with Crippen LogP contribution in [0.1, 0.15) is 40.0 Å². The Bertz CT molecular complexity index is 143. The highest BCUT2D eigenvalue weighted by atomic mass is 16.3. The molecule has 2 unspecified atom stereocenters. The van der Waals surface area contributed by atoms with Crippen molar-refractivity contribution < 1.29 is 5.11 Å². The van der Waals surface area contributed by atoms with Crippen molar-refractivity contribution in [1.82, 2.24) is 4.90 Å². The Hall–Kier alpha value is -0.0800. The SMILES string of the molecule is CCN(CC1CCC1)C(C)C(C)O. The summed E-state index contributed by atoms with van der Waals surface area (Å²) < 4.78 is 0. The van der Waals surface area contributed by atoms with Gasteiger partial charge in [-0.1, -0.05) is 13.3 Å². The van der Waals surface area contributed by atoms with Gasteiger partial charge in [0.2, 0.25) is 0 Å². The minimum Gasteiger partial charge on any atom is -0.392 e. The highest BCUT2D eigenvalue weighted by Gasteiger charge is 2.24. The summed E-state index contributed by atoms with van der Waals surface area (Å²) in [4.78, 5) is 2.40. The van der Waals surface area contributed by atoms with Gasteiger partial charge in [-0.15, -0.1) is 0 Å². The van der Waals surface area contributed by atoms with Gasteiger partial charge >= 0.3 is 0 Å². The molecule has 1 fully saturated rings. The third-order valence-electron chi connectivity index (χ3n) is 3.40. The van der Waals surface area contributed by atoms with Crippen molar-refractivity contribution in [2.24, 2.45) is 5.92 Å². The van der Waals surface area contributed by atoms with E-state index in [4.69, 9.17) is 0 Å². The number of aliphatic hydroxyl groups excluding tert-OH is 1. The first-order chi connectivity index (χ1) is 6.15. The van der Waals surface area contributed by atoms with Crippen LogP contribution < -0.4 is 0 Å². The zero-order valence-corrected chi connectivity index (χ0v) is 9.16. The summed E-state index contributed by atoms with van der Waals surface area (Å²) in [6.45, 7) is 8.42. The van der Waals surface area contributed by atoms with Crippen molar-refractivity contribution in [1.29, 1.82) is 0 Å². The van der Waals surface area contributed by atoms with Gasteiger partial charge in [0.25, 0.3) is 0 Å². The van der Waals surface area contributed by atoms with E-state index in [1.165, 1.54) is 25.8 Å². The maximum atomic E-state index is 9.48. The average Bonchev–Trinajstić information content (AvgIpc) is 2.02. The number of rotatable bonds is 5. The molecule has 2 atom stereocenters. The highest BCUT2D eigenvalue weighted by molar-refractivity contribution is 4.78. The first-order valence-electron chi connectivity index (χ1n) is 5.57. The topological polar surface area (TPSA) is 23.5 Å². The predicted molar refractivity (Wildman–Crippen MR) is 55.7 cm³/mol. The molecule has 2 heteroatoms. The first-order valence-corrected chi connectivity index (χ1v) is 5.57. The number of hydrogen-bond donors (Lipinski definition) is 1. The van der Waals surface area contributed by atoms with E-state index in [2.05, 4.69) is 18.7 Å². The van der Waals surface area contributed by atoms with Gasteiger partial charge in [-0.2, -0.15) is 0 Å². The normalized spacial score (nSPS) is 22.8. The van der Waals surface area contributed by atoms with Crippen molar-refractivity contribution >= 4 is 0 Å². The third-order valence-corrected chi connectivity index (χ3v) is 3.40. The number of nitrogens with zero attached hydrogens (tertiary/aromatic N) is 1. The van der Waals surface area contributed by atoms with Crippen LogP contribution >= 0.6 is 0 Å². The van der Waals surface area contributed by atoms with Gasteiger partial charge in [-0.3, -0.25) is 4.90 Å². The Morgan fingerprint density at radius 2 is 2.00 bits per heavy atom. The fraction of sp³-hybridized carbons (Fsp3) is 1.00. The predicted octanol–water partition coefficient (Wildman–Crippen LogP) is 1.88. The highest BCUT2D eigenvalue weighted by Crippen LogP contribution is 2.27. The minimum atomic E-state index is -0.208. The molecule has 0 aromatic rings. The molecule has 1 rings (SSSR count). The van der Waals surface area contributed by atoms with Gasteiger partial charge in [0.05, 0.1) is 6.10 Å². The molecule has 0 saturated heterocycles. The Kier molecular flexibility index (Phi) is 4.20. The fourth-order valence-corrected chi connectivity index (χ4v) is 1.90. The van der Waals surface area contributed by atoms with Crippen molar-refractivity contribution in [3.63, 3.8) is 0 Å². The summed E-state index contributed by atoms with van der Waals surface area (Å²) in [6.07, 6.45) is 3.98. The van der Waals surface area contributed by atoms with E-state index in [1.54, 1.807) is 0 Å². The zero-order chi connectivity index (χ0) is 9.84. The van der Waals surface area contributed by atoms with Gasteiger partial charge in [-0.25, -0.2) is 0 Å². The summed E-state index contributed by atoms with van der Waals surface area (Å²) in [5.41, 5.74) is 0. The van der Waals surface area contributed by atoms with Crippen LogP contribution in [0.5, 0.6) is 0 Å². The second-order valence-electron chi connectivity index (χ2n) is 4.37. The van der Waals surface area contributed by atoms with Crippen LogP contribution in [0.25, 0.3) is 0 Å². The van der Waals surface area contributed by atoms with Crippen molar-refractivity contribution in [3.8, 4) is 0 Å². The molecule has 0 radical (unpaired) electrons. The lowest BCUT2D eigenvalue weighted by molar-refractivity contribution is 0.0539. The molecule has 1 aliphatic rings. The Morgan fingerprint density at radius 1 is 1.38 bits per heavy atom. The molecule has 1 N–H and O–H groups in total. The van der Waals surface area contributed by atoms with E-state index >= 15 is 0 Å².